The fourth-order valence-corrected chi connectivity index (χ4v) is 5.00. The number of aromatic nitrogens is 2. The summed E-state index contributed by atoms with van der Waals surface area (Å²) < 4.78 is 40.6. The number of rotatable bonds is 5. The van der Waals surface area contributed by atoms with Crippen molar-refractivity contribution in [2.75, 3.05) is 29.9 Å². The van der Waals surface area contributed by atoms with Gasteiger partial charge in [0.1, 0.15) is 5.82 Å². The van der Waals surface area contributed by atoms with Crippen LogP contribution in [0.3, 0.4) is 0 Å². The quantitative estimate of drug-likeness (QED) is 0.553. The van der Waals surface area contributed by atoms with Crippen LogP contribution in [-0.4, -0.2) is 34.7 Å². The van der Waals surface area contributed by atoms with E-state index in [0.717, 1.165) is 44.6 Å². The summed E-state index contributed by atoms with van der Waals surface area (Å²) in [6.07, 6.45) is 1.67. The van der Waals surface area contributed by atoms with Gasteiger partial charge in [0.05, 0.1) is 0 Å². The van der Waals surface area contributed by atoms with E-state index >= 15 is 0 Å². The number of hydrogen-bond donors (Lipinski definition) is 2. The zero-order valence-corrected chi connectivity index (χ0v) is 19.6. The van der Waals surface area contributed by atoms with Crippen molar-refractivity contribution in [2.24, 2.45) is 5.92 Å². The maximum Gasteiger partial charge on any atom is 0.433 e. The van der Waals surface area contributed by atoms with Crippen molar-refractivity contribution in [3.05, 3.63) is 47.7 Å². The second-order valence-electron chi connectivity index (χ2n) is 9.26. The molecule has 0 atom stereocenters. The molecule has 5 nitrogen and oxygen atoms in total. The monoisotopic (exact) mass is 477 g/mol. The van der Waals surface area contributed by atoms with Crippen LogP contribution in [0.1, 0.15) is 56.7 Å². The molecule has 1 aliphatic carbocycles. The Morgan fingerprint density at radius 3 is 2.42 bits per heavy atom. The lowest BCUT2D eigenvalue weighted by Gasteiger charge is -2.32. The average Bonchev–Trinajstić information content (AvgIpc) is 3.28. The minimum atomic E-state index is -4.56. The van der Waals surface area contributed by atoms with Gasteiger partial charge in [0.25, 0.3) is 0 Å². The molecule has 0 amide bonds. The summed E-state index contributed by atoms with van der Waals surface area (Å²) in [6.45, 7) is 4.12. The Bertz CT molecular complexity index is 952. The summed E-state index contributed by atoms with van der Waals surface area (Å²) in [5.41, 5.74) is 0.264. The molecule has 2 N–H and O–H groups in total. The molecule has 0 unspecified atom stereocenters. The molecule has 0 radical (unpaired) electrons. The lowest BCUT2D eigenvalue weighted by Crippen LogP contribution is -2.41. The molecule has 1 saturated heterocycles. The van der Waals surface area contributed by atoms with Crippen molar-refractivity contribution in [3.63, 3.8) is 0 Å². The van der Waals surface area contributed by atoms with Crippen molar-refractivity contribution in [1.29, 1.82) is 0 Å². The predicted octanol–water partition coefficient (Wildman–Crippen LogP) is 5.53. The Morgan fingerprint density at radius 2 is 1.79 bits per heavy atom. The molecule has 33 heavy (non-hydrogen) atoms. The number of nitrogens with one attached hydrogen (secondary N) is 2. The van der Waals surface area contributed by atoms with Crippen molar-refractivity contribution in [1.82, 2.24) is 15.3 Å². The molecule has 2 fully saturated rings. The molecule has 178 valence electrons. The zero-order chi connectivity index (χ0) is 23.5. The number of benzene rings is 1. The van der Waals surface area contributed by atoms with Gasteiger partial charge in [-0.25, -0.2) is 4.98 Å². The van der Waals surface area contributed by atoms with E-state index in [1.807, 2.05) is 23.1 Å². The average molecular weight is 478 g/mol. The van der Waals surface area contributed by atoms with E-state index in [4.69, 9.17) is 12.2 Å². The van der Waals surface area contributed by atoms with Gasteiger partial charge in [-0.2, -0.15) is 18.2 Å². The van der Waals surface area contributed by atoms with E-state index in [0.29, 0.717) is 25.6 Å². The van der Waals surface area contributed by atoms with Crippen LogP contribution < -0.4 is 15.5 Å². The van der Waals surface area contributed by atoms with E-state index in [1.165, 1.54) is 5.56 Å². The van der Waals surface area contributed by atoms with Crippen LogP contribution in [-0.2, 0) is 11.6 Å². The van der Waals surface area contributed by atoms with Crippen LogP contribution in [0.5, 0.6) is 0 Å². The van der Waals surface area contributed by atoms with E-state index in [-0.39, 0.29) is 22.3 Å². The molecule has 1 saturated carbocycles. The number of nitrogens with zero attached hydrogens (tertiary/aromatic N) is 3. The molecular formula is C24H30F3N5S. The first kappa shape index (κ1) is 23.7. The predicted molar refractivity (Wildman–Crippen MR) is 128 cm³/mol. The smallest absolute Gasteiger partial charge is 0.361 e. The summed E-state index contributed by atoms with van der Waals surface area (Å²) in [7, 11) is 0. The first-order valence-electron chi connectivity index (χ1n) is 11.6. The lowest BCUT2D eigenvalue weighted by molar-refractivity contribution is -0.141. The van der Waals surface area contributed by atoms with Gasteiger partial charge in [-0.05, 0) is 49.4 Å². The summed E-state index contributed by atoms with van der Waals surface area (Å²) in [5, 5.41) is 6.26. The number of hydrogen-bond acceptors (Lipinski definition) is 4. The second-order valence-corrected chi connectivity index (χ2v) is 9.67. The Morgan fingerprint density at radius 1 is 1.12 bits per heavy atom. The fraction of sp³-hybridized carbons (Fsp3) is 0.542. The highest BCUT2D eigenvalue weighted by molar-refractivity contribution is 7.80. The van der Waals surface area contributed by atoms with Crippen LogP contribution >= 0.6 is 12.2 Å². The number of alkyl halides is 3. The van der Waals surface area contributed by atoms with E-state index in [1.54, 1.807) is 0 Å². The van der Waals surface area contributed by atoms with Crippen molar-refractivity contribution >= 4 is 29.1 Å². The summed E-state index contributed by atoms with van der Waals surface area (Å²) in [5.74, 6) is 0.717. The van der Waals surface area contributed by atoms with Gasteiger partial charge < -0.3 is 15.5 Å². The number of thiocarbonyl (C=S) groups is 1. The fourth-order valence-electron chi connectivity index (χ4n) is 4.84. The normalized spacial score (nSPS) is 18.8. The van der Waals surface area contributed by atoms with Crippen LogP contribution in [0.2, 0.25) is 0 Å². The topological polar surface area (TPSA) is 53.1 Å². The van der Waals surface area contributed by atoms with Gasteiger partial charge in [0, 0.05) is 31.1 Å². The molecule has 1 aliphatic heterocycles. The minimum absolute atomic E-state index is 0.0304. The molecule has 0 spiro atoms. The summed E-state index contributed by atoms with van der Waals surface area (Å²) in [6, 6.07) is 11.4. The van der Waals surface area contributed by atoms with Gasteiger partial charge in [0.15, 0.2) is 10.8 Å². The van der Waals surface area contributed by atoms with E-state index in [9.17, 15) is 13.2 Å². The summed E-state index contributed by atoms with van der Waals surface area (Å²) in [4.78, 5) is 9.97. The lowest BCUT2D eigenvalue weighted by atomic mass is 9.79. The number of piperidine rings is 1. The highest BCUT2D eigenvalue weighted by Gasteiger charge is 2.36. The molecule has 0 bridgehead atoms. The molecule has 2 heterocycles. The van der Waals surface area contributed by atoms with Gasteiger partial charge in [-0.15, -0.1) is 0 Å². The first-order valence-corrected chi connectivity index (χ1v) is 12.0. The van der Waals surface area contributed by atoms with Crippen molar-refractivity contribution < 1.29 is 13.2 Å². The Labute approximate surface area is 198 Å². The van der Waals surface area contributed by atoms with Crippen LogP contribution in [0.15, 0.2) is 36.4 Å². The Balaban J connectivity index is 1.48. The molecular weight excluding hydrogens is 447 g/mol. The van der Waals surface area contributed by atoms with Crippen molar-refractivity contribution in [3.8, 4) is 0 Å². The molecule has 9 heteroatoms. The van der Waals surface area contributed by atoms with Crippen LogP contribution in [0.25, 0.3) is 0 Å². The maximum absolute atomic E-state index is 13.5. The molecule has 4 rings (SSSR count). The first-order chi connectivity index (χ1) is 15.7. The zero-order valence-electron chi connectivity index (χ0n) is 18.8. The number of anilines is 2. The molecule has 1 aromatic carbocycles. The van der Waals surface area contributed by atoms with Crippen molar-refractivity contribution in [2.45, 2.75) is 57.0 Å². The van der Waals surface area contributed by atoms with Gasteiger partial charge >= 0.3 is 6.18 Å². The Kier molecular flexibility index (Phi) is 7.07. The standard InChI is InChI=1S/C24H30F3N5S/c1-17-9-13-32(14-10-17)20-15-19(24(25,26)27)29-21(30-20)31-22(33)28-16-23(11-5-6-12-23)18-7-3-2-4-8-18/h2-4,7-8,15,17H,5-6,9-14,16H2,1H3,(H2,28,29,30,31,33). The third-order valence-electron chi connectivity index (χ3n) is 6.87. The third-order valence-corrected chi connectivity index (χ3v) is 7.12. The second kappa shape index (κ2) is 9.83. The van der Waals surface area contributed by atoms with Crippen LogP contribution in [0.4, 0.5) is 24.9 Å². The molecule has 1 aromatic heterocycles. The largest absolute Gasteiger partial charge is 0.433 e. The van der Waals surface area contributed by atoms with E-state index in [2.05, 4.69) is 39.7 Å². The summed E-state index contributed by atoms with van der Waals surface area (Å²) >= 11 is 5.43. The highest BCUT2D eigenvalue weighted by Crippen LogP contribution is 2.40. The van der Waals surface area contributed by atoms with Gasteiger partial charge in [0.2, 0.25) is 5.95 Å². The third kappa shape index (κ3) is 5.75. The maximum atomic E-state index is 13.5. The Hall–Kier alpha value is -2.42. The number of halogens is 3. The minimum Gasteiger partial charge on any atom is -0.361 e. The van der Waals surface area contributed by atoms with Crippen LogP contribution in [0, 0.1) is 5.92 Å². The van der Waals surface area contributed by atoms with Gasteiger partial charge in [-0.3, -0.25) is 0 Å². The van der Waals surface area contributed by atoms with E-state index < -0.39 is 11.9 Å². The van der Waals surface area contributed by atoms with Gasteiger partial charge in [-0.1, -0.05) is 50.1 Å². The highest BCUT2D eigenvalue weighted by atomic mass is 32.1. The SMILES string of the molecule is CC1CCN(c2cc(C(F)(F)F)nc(NC(=S)NCC3(c4ccccc4)CCCC3)n2)CC1. The molecule has 2 aliphatic rings. The molecule has 2 aromatic rings.